The third kappa shape index (κ3) is 5.19. The Bertz CT molecular complexity index is 1040. The second-order valence-electron chi connectivity index (χ2n) is 7.92. The van der Waals surface area contributed by atoms with Gasteiger partial charge in [0.2, 0.25) is 0 Å². The first-order valence-electron chi connectivity index (χ1n) is 11.0. The molecule has 8 heteroatoms. The molecule has 0 radical (unpaired) electrons. The van der Waals surface area contributed by atoms with E-state index in [4.69, 9.17) is 4.74 Å². The van der Waals surface area contributed by atoms with Crippen LogP contribution in [0.25, 0.3) is 11.4 Å². The Kier molecular flexibility index (Phi) is 6.89. The molecule has 0 bridgehead atoms. The molecule has 2 aromatic carbocycles. The van der Waals surface area contributed by atoms with Gasteiger partial charge in [0, 0.05) is 31.4 Å². The van der Waals surface area contributed by atoms with Gasteiger partial charge in [0.05, 0.1) is 19.7 Å². The number of guanidine groups is 1. The highest BCUT2D eigenvalue weighted by molar-refractivity contribution is 5.80. The molecule has 3 N–H and O–H groups in total. The smallest absolute Gasteiger partial charge is 0.191 e. The van der Waals surface area contributed by atoms with E-state index in [0.29, 0.717) is 18.3 Å². The molecule has 168 valence electrons. The Balaban J connectivity index is 1.34. The van der Waals surface area contributed by atoms with E-state index in [1.165, 1.54) is 24.1 Å². The fraction of sp³-hybridized carbons (Fsp3) is 0.375. The molecule has 1 aliphatic heterocycles. The topological polar surface area (TPSA) is 90.5 Å². The second kappa shape index (κ2) is 10.2. The summed E-state index contributed by atoms with van der Waals surface area (Å²) in [6.45, 7) is 4.92. The third-order valence-electron chi connectivity index (χ3n) is 5.72. The summed E-state index contributed by atoms with van der Waals surface area (Å²) in [5.74, 6) is 2.91. The van der Waals surface area contributed by atoms with Crippen LogP contribution in [0.1, 0.15) is 37.2 Å². The van der Waals surface area contributed by atoms with Gasteiger partial charge in [0.25, 0.3) is 0 Å². The number of hydrogen-bond donors (Lipinski definition) is 3. The van der Waals surface area contributed by atoms with Crippen molar-refractivity contribution >= 4 is 11.6 Å². The Morgan fingerprint density at radius 3 is 2.69 bits per heavy atom. The number of anilines is 1. The maximum atomic E-state index is 5.20. The van der Waals surface area contributed by atoms with Gasteiger partial charge in [-0.05, 0) is 61.7 Å². The number of aliphatic imine (C=N–C) groups is 1. The number of H-pyrrole nitrogens is 1. The number of nitrogens with zero attached hydrogens (tertiary/aromatic N) is 4. The second-order valence-corrected chi connectivity index (χ2v) is 7.92. The fourth-order valence-electron chi connectivity index (χ4n) is 3.86. The largest absolute Gasteiger partial charge is 0.497 e. The summed E-state index contributed by atoms with van der Waals surface area (Å²) in [6, 6.07) is 16.6. The summed E-state index contributed by atoms with van der Waals surface area (Å²) in [5, 5.41) is 14.1. The Morgan fingerprint density at radius 2 is 1.97 bits per heavy atom. The summed E-state index contributed by atoms with van der Waals surface area (Å²) >= 11 is 0. The minimum atomic E-state index is 0.119. The van der Waals surface area contributed by atoms with Crippen LogP contribution in [0.15, 0.2) is 53.5 Å². The molecule has 32 heavy (non-hydrogen) atoms. The number of benzene rings is 2. The van der Waals surface area contributed by atoms with Gasteiger partial charge in [-0.15, -0.1) is 0 Å². The van der Waals surface area contributed by atoms with E-state index < -0.39 is 0 Å². The molecule has 1 aromatic heterocycles. The summed E-state index contributed by atoms with van der Waals surface area (Å²) in [7, 11) is 3.42. The van der Waals surface area contributed by atoms with Crippen molar-refractivity contribution in [3.8, 4) is 17.1 Å². The van der Waals surface area contributed by atoms with Crippen LogP contribution < -0.4 is 20.3 Å². The third-order valence-corrected chi connectivity index (χ3v) is 5.72. The van der Waals surface area contributed by atoms with Crippen molar-refractivity contribution < 1.29 is 4.74 Å². The number of rotatable bonds is 7. The molecular weight excluding hydrogens is 402 g/mol. The molecule has 0 saturated carbocycles. The van der Waals surface area contributed by atoms with E-state index in [1.54, 1.807) is 14.2 Å². The van der Waals surface area contributed by atoms with Gasteiger partial charge in [-0.25, -0.2) is 4.98 Å². The first-order valence-corrected chi connectivity index (χ1v) is 11.0. The van der Waals surface area contributed by atoms with Crippen LogP contribution in [0.3, 0.4) is 0 Å². The standard InChI is InChI=1S/C24H31N7O/c1-17(19-7-6-8-20(15-19)31-13-4-5-14-31)27-24(25-2)26-16-22-28-23(30-29-22)18-9-11-21(32-3)12-10-18/h6-12,15,17H,4-5,13-14,16H2,1-3H3,(H2,25,26,27)(H,28,29,30). The van der Waals surface area contributed by atoms with Crippen LogP contribution in [0.2, 0.25) is 0 Å². The Labute approximate surface area is 189 Å². The molecule has 8 nitrogen and oxygen atoms in total. The predicted octanol–water partition coefficient (Wildman–Crippen LogP) is 3.51. The summed E-state index contributed by atoms with van der Waals surface area (Å²) in [5.41, 5.74) is 3.46. The van der Waals surface area contributed by atoms with Crippen molar-refractivity contribution in [3.63, 3.8) is 0 Å². The number of aromatic nitrogens is 3. The summed E-state index contributed by atoms with van der Waals surface area (Å²) in [6.07, 6.45) is 2.55. The van der Waals surface area contributed by atoms with Gasteiger partial charge < -0.3 is 20.3 Å². The molecule has 1 saturated heterocycles. The highest BCUT2D eigenvalue weighted by Crippen LogP contribution is 2.24. The lowest BCUT2D eigenvalue weighted by atomic mass is 10.1. The molecular formula is C24H31N7O. The molecule has 3 aromatic rings. The van der Waals surface area contributed by atoms with Gasteiger partial charge in [-0.2, -0.15) is 5.10 Å². The van der Waals surface area contributed by atoms with E-state index in [-0.39, 0.29) is 6.04 Å². The van der Waals surface area contributed by atoms with Crippen LogP contribution in [0.4, 0.5) is 5.69 Å². The van der Waals surface area contributed by atoms with Crippen molar-refractivity contribution in [3.05, 3.63) is 59.9 Å². The zero-order valence-corrected chi connectivity index (χ0v) is 18.9. The van der Waals surface area contributed by atoms with Gasteiger partial charge in [-0.3, -0.25) is 10.1 Å². The lowest BCUT2D eigenvalue weighted by Crippen LogP contribution is -2.38. The van der Waals surface area contributed by atoms with Gasteiger partial charge in [-0.1, -0.05) is 12.1 Å². The average molecular weight is 434 g/mol. The van der Waals surface area contributed by atoms with Crippen molar-refractivity contribution in [2.75, 3.05) is 32.1 Å². The van der Waals surface area contributed by atoms with E-state index in [1.807, 2.05) is 24.3 Å². The van der Waals surface area contributed by atoms with E-state index in [0.717, 1.165) is 30.2 Å². The van der Waals surface area contributed by atoms with Crippen molar-refractivity contribution in [2.24, 2.45) is 4.99 Å². The normalized spacial score (nSPS) is 15.0. The van der Waals surface area contributed by atoms with Crippen molar-refractivity contribution in [1.82, 2.24) is 25.8 Å². The van der Waals surface area contributed by atoms with Crippen LogP contribution in [-0.2, 0) is 6.54 Å². The number of ether oxygens (including phenoxy) is 1. The Morgan fingerprint density at radius 1 is 1.19 bits per heavy atom. The number of methoxy groups -OCH3 is 1. The van der Waals surface area contributed by atoms with Crippen molar-refractivity contribution in [1.29, 1.82) is 0 Å². The van der Waals surface area contributed by atoms with E-state index in [9.17, 15) is 0 Å². The van der Waals surface area contributed by atoms with E-state index in [2.05, 4.69) is 66.9 Å². The minimum absolute atomic E-state index is 0.119. The number of nitrogens with one attached hydrogen (secondary N) is 3. The van der Waals surface area contributed by atoms with Crippen molar-refractivity contribution in [2.45, 2.75) is 32.4 Å². The fourth-order valence-corrected chi connectivity index (χ4v) is 3.86. The molecule has 1 fully saturated rings. The molecule has 0 amide bonds. The average Bonchev–Trinajstić information content (AvgIpc) is 3.54. The monoisotopic (exact) mass is 433 g/mol. The first-order chi connectivity index (χ1) is 15.7. The molecule has 4 rings (SSSR count). The Hall–Kier alpha value is -3.55. The highest BCUT2D eigenvalue weighted by Gasteiger charge is 2.15. The lowest BCUT2D eigenvalue weighted by Gasteiger charge is -2.22. The summed E-state index contributed by atoms with van der Waals surface area (Å²) < 4.78 is 5.20. The predicted molar refractivity (Wildman–Crippen MR) is 128 cm³/mol. The maximum Gasteiger partial charge on any atom is 0.191 e. The highest BCUT2D eigenvalue weighted by atomic mass is 16.5. The maximum absolute atomic E-state index is 5.20. The van der Waals surface area contributed by atoms with E-state index >= 15 is 0 Å². The lowest BCUT2D eigenvalue weighted by molar-refractivity contribution is 0.415. The first kappa shape index (κ1) is 21.7. The molecule has 2 heterocycles. The quantitative estimate of drug-likeness (QED) is 0.390. The van der Waals surface area contributed by atoms with Crippen LogP contribution >= 0.6 is 0 Å². The summed E-state index contributed by atoms with van der Waals surface area (Å²) in [4.78, 5) is 11.4. The molecule has 1 unspecified atom stereocenters. The minimum Gasteiger partial charge on any atom is -0.497 e. The molecule has 0 spiro atoms. The van der Waals surface area contributed by atoms with Gasteiger partial charge in [0.15, 0.2) is 11.8 Å². The SMILES string of the molecule is CN=C(NCc1nc(-c2ccc(OC)cc2)n[nH]1)NC(C)c1cccc(N2CCCC2)c1. The number of hydrogen-bond acceptors (Lipinski definition) is 5. The molecule has 1 aliphatic rings. The van der Waals surface area contributed by atoms with Crippen LogP contribution in [-0.4, -0.2) is 48.4 Å². The molecule has 0 aliphatic carbocycles. The zero-order valence-electron chi connectivity index (χ0n) is 18.9. The van der Waals surface area contributed by atoms with Gasteiger partial charge in [0.1, 0.15) is 11.6 Å². The zero-order chi connectivity index (χ0) is 22.3. The molecule has 1 atom stereocenters. The van der Waals surface area contributed by atoms with Crippen LogP contribution in [0.5, 0.6) is 5.75 Å². The number of aromatic amines is 1. The van der Waals surface area contributed by atoms with Crippen LogP contribution in [0, 0.1) is 0 Å². The van der Waals surface area contributed by atoms with Gasteiger partial charge >= 0.3 is 0 Å².